The van der Waals surface area contributed by atoms with Crippen LogP contribution in [0.2, 0.25) is 0 Å². The highest BCUT2D eigenvalue weighted by atomic mass is 16.5. The fraction of sp³-hybridized carbons (Fsp3) is 0.588. The summed E-state index contributed by atoms with van der Waals surface area (Å²) in [6.45, 7) is 12.3. The number of ether oxygens (including phenoxy) is 1. The maximum absolute atomic E-state index is 12.0. The average molecular weight is 321 g/mol. The smallest absolute Gasteiger partial charge is 0.306 e. The van der Waals surface area contributed by atoms with Gasteiger partial charge in [-0.3, -0.25) is 14.3 Å². The Kier molecular flexibility index (Phi) is 7.00. The quantitative estimate of drug-likeness (QED) is 0.542. The molecule has 0 N–H and O–H groups in total. The van der Waals surface area contributed by atoms with Crippen LogP contribution in [-0.2, 0) is 27.8 Å². The Morgan fingerprint density at radius 2 is 2.00 bits per heavy atom. The van der Waals surface area contributed by atoms with Gasteiger partial charge in [-0.15, -0.1) is 0 Å². The Morgan fingerprint density at radius 3 is 2.48 bits per heavy atom. The Labute approximate surface area is 138 Å². The van der Waals surface area contributed by atoms with Crippen LogP contribution in [0.15, 0.2) is 12.2 Å². The predicted molar refractivity (Wildman–Crippen MR) is 89.0 cm³/mol. The average Bonchev–Trinajstić information content (AvgIpc) is 2.73. The van der Waals surface area contributed by atoms with Crippen LogP contribution in [0.1, 0.15) is 37.2 Å². The molecule has 0 unspecified atom stereocenters. The zero-order valence-electron chi connectivity index (χ0n) is 14.8. The maximum atomic E-state index is 12.0. The molecule has 6 heteroatoms. The zero-order chi connectivity index (χ0) is 17.6. The Bertz CT molecular complexity index is 590. The summed E-state index contributed by atoms with van der Waals surface area (Å²) in [5.74, 6) is -0.565. The second-order valence-corrected chi connectivity index (χ2v) is 5.80. The number of esters is 1. The van der Waals surface area contributed by atoms with Crippen molar-refractivity contribution in [3.05, 3.63) is 29.1 Å². The van der Waals surface area contributed by atoms with E-state index in [1.165, 1.54) is 0 Å². The molecule has 0 aliphatic rings. The van der Waals surface area contributed by atoms with E-state index in [2.05, 4.69) is 11.7 Å². The van der Waals surface area contributed by atoms with E-state index >= 15 is 0 Å². The minimum Gasteiger partial charge on any atom is -0.456 e. The summed E-state index contributed by atoms with van der Waals surface area (Å²) in [5, 5.41) is 4.32. The highest BCUT2D eigenvalue weighted by Crippen LogP contribution is 2.14. The van der Waals surface area contributed by atoms with E-state index in [9.17, 15) is 9.59 Å². The molecule has 6 nitrogen and oxygen atoms in total. The summed E-state index contributed by atoms with van der Waals surface area (Å²) in [7, 11) is 1.88. The lowest BCUT2D eigenvalue weighted by atomic mass is 10.1. The SMILES string of the molecule is C=C(C)CN(CC)C(=O)COC(=O)CCc1c(C)nn(C)c1C. The molecule has 1 rings (SSSR count). The highest BCUT2D eigenvalue weighted by Gasteiger charge is 2.16. The van der Waals surface area contributed by atoms with Crippen LogP contribution in [0.3, 0.4) is 0 Å². The van der Waals surface area contributed by atoms with E-state index in [0.29, 0.717) is 19.5 Å². The summed E-state index contributed by atoms with van der Waals surface area (Å²) in [4.78, 5) is 25.5. The molecule has 0 saturated carbocycles. The van der Waals surface area contributed by atoms with Crippen LogP contribution in [0.5, 0.6) is 0 Å². The molecule has 0 bridgehead atoms. The minimum absolute atomic E-state index is 0.197. The molecule has 1 aromatic rings. The topological polar surface area (TPSA) is 64.4 Å². The molecule has 0 spiro atoms. The lowest BCUT2D eigenvalue weighted by Gasteiger charge is -2.20. The van der Waals surface area contributed by atoms with Crippen LogP contribution in [0.4, 0.5) is 0 Å². The summed E-state index contributed by atoms with van der Waals surface area (Å²) in [5.41, 5.74) is 3.93. The van der Waals surface area contributed by atoms with Crippen molar-refractivity contribution >= 4 is 11.9 Å². The van der Waals surface area contributed by atoms with Crippen molar-refractivity contribution in [2.24, 2.45) is 7.05 Å². The van der Waals surface area contributed by atoms with Crippen molar-refractivity contribution in [1.29, 1.82) is 0 Å². The minimum atomic E-state index is -0.368. The first-order chi connectivity index (χ1) is 10.8. The Hall–Kier alpha value is -2.11. The summed E-state index contributed by atoms with van der Waals surface area (Å²) in [6.07, 6.45) is 0.815. The first kappa shape index (κ1) is 18.9. The van der Waals surface area contributed by atoms with Crippen LogP contribution in [-0.4, -0.2) is 46.3 Å². The van der Waals surface area contributed by atoms with E-state index in [4.69, 9.17) is 4.74 Å². The number of nitrogens with zero attached hydrogens (tertiary/aromatic N) is 3. The molecular formula is C17H27N3O3. The molecule has 0 radical (unpaired) electrons. The van der Waals surface area contributed by atoms with Gasteiger partial charge in [-0.05, 0) is 39.7 Å². The fourth-order valence-corrected chi connectivity index (χ4v) is 2.41. The van der Waals surface area contributed by atoms with Gasteiger partial charge >= 0.3 is 5.97 Å². The number of rotatable bonds is 8. The van der Waals surface area contributed by atoms with Crippen LogP contribution in [0.25, 0.3) is 0 Å². The second-order valence-electron chi connectivity index (χ2n) is 5.80. The van der Waals surface area contributed by atoms with Crippen molar-refractivity contribution in [3.8, 4) is 0 Å². The molecule has 0 saturated heterocycles. The second kappa shape index (κ2) is 8.50. The molecule has 0 atom stereocenters. The van der Waals surface area contributed by atoms with Crippen molar-refractivity contribution in [2.75, 3.05) is 19.7 Å². The van der Waals surface area contributed by atoms with E-state index in [-0.39, 0.29) is 24.9 Å². The first-order valence-electron chi connectivity index (χ1n) is 7.83. The monoisotopic (exact) mass is 321 g/mol. The molecular weight excluding hydrogens is 294 g/mol. The molecule has 0 fully saturated rings. The Morgan fingerprint density at radius 1 is 1.35 bits per heavy atom. The van der Waals surface area contributed by atoms with Gasteiger partial charge in [-0.1, -0.05) is 12.2 Å². The number of likely N-dealkylation sites (N-methyl/N-ethyl adjacent to an activating group) is 1. The maximum Gasteiger partial charge on any atom is 0.306 e. The number of amides is 1. The third-order valence-electron chi connectivity index (χ3n) is 3.79. The summed E-state index contributed by atoms with van der Waals surface area (Å²) >= 11 is 0. The van der Waals surface area contributed by atoms with Gasteiger partial charge in [0, 0.05) is 32.3 Å². The standard InChI is InChI=1S/C17H27N3O3/c1-7-20(10-12(2)3)16(21)11-23-17(22)9-8-15-13(4)18-19(6)14(15)5/h2,7-11H2,1,3-6H3. The molecule has 0 aliphatic heterocycles. The highest BCUT2D eigenvalue weighted by molar-refractivity contribution is 5.80. The number of aromatic nitrogens is 2. The van der Waals surface area contributed by atoms with Gasteiger partial charge in [0.05, 0.1) is 5.69 Å². The predicted octanol–water partition coefficient (Wildman–Crippen LogP) is 1.94. The van der Waals surface area contributed by atoms with Crippen LogP contribution >= 0.6 is 0 Å². The number of hydrogen-bond donors (Lipinski definition) is 0. The van der Waals surface area contributed by atoms with E-state index in [1.54, 1.807) is 9.58 Å². The van der Waals surface area contributed by atoms with Crippen molar-refractivity contribution in [3.63, 3.8) is 0 Å². The van der Waals surface area contributed by atoms with Gasteiger partial charge in [-0.2, -0.15) is 5.10 Å². The van der Waals surface area contributed by atoms with Crippen molar-refractivity contribution in [1.82, 2.24) is 14.7 Å². The van der Waals surface area contributed by atoms with Gasteiger partial charge in [0.1, 0.15) is 0 Å². The van der Waals surface area contributed by atoms with E-state index < -0.39 is 0 Å². The van der Waals surface area contributed by atoms with Gasteiger partial charge < -0.3 is 9.64 Å². The molecule has 1 amide bonds. The van der Waals surface area contributed by atoms with Crippen LogP contribution < -0.4 is 0 Å². The lowest BCUT2D eigenvalue weighted by Crippen LogP contribution is -2.35. The van der Waals surface area contributed by atoms with Crippen LogP contribution in [0, 0.1) is 13.8 Å². The van der Waals surface area contributed by atoms with E-state index in [0.717, 1.165) is 22.5 Å². The largest absolute Gasteiger partial charge is 0.456 e. The normalized spacial score (nSPS) is 10.5. The third kappa shape index (κ3) is 5.54. The lowest BCUT2D eigenvalue weighted by molar-refractivity contribution is -0.151. The molecule has 0 aromatic carbocycles. The fourth-order valence-electron chi connectivity index (χ4n) is 2.41. The third-order valence-corrected chi connectivity index (χ3v) is 3.79. The van der Waals surface area contributed by atoms with Gasteiger partial charge in [0.25, 0.3) is 5.91 Å². The first-order valence-corrected chi connectivity index (χ1v) is 7.83. The molecule has 128 valence electrons. The van der Waals surface area contributed by atoms with Crippen molar-refractivity contribution < 1.29 is 14.3 Å². The summed E-state index contributed by atoms with van der Waals surface area (Å²) in [6, 6.07) is 0. The van der Waals surface area contributed by atoms with Crippen molar-refractivity contribution in [2.45, 2.75) is 40.5 Å². The van der Waals surface area contributed by atoms with Gasteiger partial charge in [0.2, 0.25) is 0 Å². The van der Waals surface area contributed by atoms with E-state index in [1.807, 2.05) is 34.7 Å². The van der Waals surface area contributed by atoms with Gasteiger partial charge in [-0.25, -0.2) is 0 Å². The Balaban J connectivity index is 2.45. The molecule has 23 heavy (non-hydrogen) atoms. The molecule has 0 aliphatic carbocycles. The number of carbonyl (C=O) groups excluding carboxylic acids is 2. The summed E-state index contributed by atoms with van der Waals surface area (Å²) < 4.78 is 6.89. The number of aryl methyl sites for hydroxylation is 2. The molecule has 1 aromatic heterocycles. The molecule has 1 heterocycles. The van der Waals surface area contributed by atoms with Gasteiger partial charge in [0.15, 0.2) is 6.61 Å². The number of carbonyl (C=O) groups is 2. The number of hydrogen-bond acceptors (Lipinski definition) is 4. The zero-order valence-corrected chi connectivity index (χ0v) is 14.8.